The molecule has 3 fully saturated rings. The third kappa shape index (κ3) is 3.64. The van der Waals surface area contributed by atoms with Gasteiger partial charge in [-0.3, -0.25) is 9.59 Å². The number of fused-ring (bicyclic) bond motifs is 5. The molecule has 0 spiro atoms. The van der Waals surface area contributed by atoms with E-state index in [4.69, 9.17) is 14.7 Å². The molecule has 0 unspecified atom stereocenters. The molecule has 3 saturated heterocycles. The van der Waals surface area contributed by atoms with Crippen molar-refractivity contribution in [3.05, 3.63) is 58.1 Å². The minimum atomic E-state index is -4.80. The zero-order chi connectivity index (χ0) is 25.2. The van der Waals surface area contributed by atoms with Crippen molar-refractivity contribution in [2.24, 2.45) is 11.8 Å². The van der Waals surface area contributed by atoms with E-state index in [0.29, 0.717) is 31.1 Å². The number of imide groups is 1. The molecule has 4 atom stereocenters. The zero-order valence-corrected chi connectivity index (χ0v) is 20.1. The van der Waals surface area contributed by atoms with Gasteiger partial charge in [0.05, 0.1) is 57.0 Å². The highest BCUT2D eigenvalue weighted by molar-refractivity contribution is 9.10. The molecule has 2 aromatic carbocycles. The van der Waals surface area contributed by atoms with Gasteiger partial charge in [-0.05, 0) is 66.0 Å². The molecule has 5 rings (SSSR count). The number of hydrogen-bond acceptors (Lipinski definition) is 5. The fourth-order valence-corrected chi connectivity index (χ4v) is 6.16. The molecule has 3 aliphatic heterocycles. The number of carbonyl (C=O) groups is 2. The Labute approximate surface area is 207 Å². The molecule has 0 radical (unpaired) electrons. The maximum Gasteiger partial charge on any atom is 0.417 e. The topological polar surface area (TPSA) is 79.6 Å². The normalized spacial score (nSPS) is 29.4. The van der Waals surface area contributed by atoms with Crippen LogP contribution in [0.3, 0.4) is 0 Å². The number of para-hydroxylation sites is 1. The molecular formula is C25H20BrF3N2O4. The standard InChI is InChI=1S/C25H20BrF3N2O4/c1-23-8-9-24(35-23,10-11-34-18-5-3-2-4-17(18)26)20-19(23)21(32)31(22(20)33)15-7-6-14(13-30)16(12-15)25(27,28)29/h2-7,12,19-20H,8-11H2,1H3/t19-,20+,23-,24-/m1/s1. The summed E-state index contributed by atoms with van der Waals surface area (Å²) in [6.45, 7) is 2.02. The number of benzene rings is 2. The summed E-state index contributed by atoms with van der Waals surface area (Å²) >= 11 is 3.42. The number of halogens is 4. The van der Waals surface area contributed by atoms with E-state index < -0.39 is 52.2 Å². The number of hydrogen-bond donors (Lipinski definition) is 0. The van der Waals surface area contributed by atoms with E-state index in [0.717, 1.165) is 15.4 Å². The molecule has 0 N–H and O–H groups in total. The van der Waals surface area contributed by atoms with E-state index >= 15 is 0 Å². The van der Waals surface area contributed by atoms with Crippen LogP contribution in [0.2, 0.25) is 0 Å². The van der Waals surface area contributed by atoms with E-state index in [1.165, 1.54) is 12.1 Å². The first-order chi connectivity index (χ1) is 16.5. The molecule has 0 aromatic heterocycles. The Bertz CT molecular complexity index is 1280. The van der Waals surface area contributed by atoms with Crippen LogP contribution in [0.4, 0.5) is 18.9 Å². The van der Waals surface area contributed by atoms with Crippen molar-refractivity contribution < 1.29 is 32.2 Å². The minimum Gasteiger partial charge on any atom is -0.492 e. The SMILES string of the molecule is C[C@]12CC[C@](CCOc3ccccc3Br)(O1)[C@@H]1C(=O)N(c3ccc(C#N)c(C(F)(F)F)c3)C(=O)[C@@H]12. The van der Waals surface area contributed by atoms with Crippen LogP contribution in [-0.2, 0) is 20.5 Å². The van der Waals surface area contributed by atoms with Crippen LogP contribution in [0.1, 0.15) is 37.3 Å². The van der Waals surface area contributed by atoms with Crippen molar-refractivity contribution in [1.29, 1.82) is 5.26 Å². The van der Waals surface area contributed by atoms with Gasteiger partial charge in [0.15, 0.2) is 0 Å². The third-order valence-corrected chi connectivity index (χ3v) is 7.97. The van der Waals surface area contributed by atoms with Crippen molar-refractivity contribution in [3.63, 3.8) is 0 Å². The molecule has 0 saturated carbocycles. The highest BCUT2D eigenvalue weighted by Gasteiger charge is 2.73. The lowest BCUT2D eigenvalue weighted by molar-refractivity contribution is -0.138. The second kappa shape index (κ2) is 8.07. The Kier molecular flexibility index (Phi) is 5.49. The number of alkyl halides is 3. The predicted octanol–water partition coefficient (Wildman–Crippen LogP) is 5.24. The van der Waals surface area contributed by atoms with Gasteiger partial charge in [0.2, 0.25) is 11.8 Å². The predicted molar refractivity (Wildman–Crippen MR) is 121 cm³/mol. The maximum atomic E-state index is 13.6. The minimum absolute atomic E-state index is 0.191. The van der Waals surface area contributed by atoms with E-state index in [1.807, 2.05) is 18.2 Å². The van der Waals surface area contributed by atoms with Gasteiger partial charge in [-0.15, -0.1) is 0 Å². The number of nitrogens with zero attached hydrogens (tertiary/aromatic N) is 2. The Balaban J connectivity index is 1.45. The summed E-state index contributed by atoms with van der Waals surface area (Å²) in [5, 5.41) is 9.07. The third-order valence-electron chi connectivity index (χ3n) is 7.32. The first kappa shape index (κ1) is 23.8. The van der Waals surface area contributed by atoms with Crippen molar-refractivity contribution in [3.8, 4) is 11.8 Å². The van der Waals surface area contributed by atoms with E-state index in [1.54, 1.807) is 13.0 Å². The lowest BCUT2D eigenvalue weighted by atomic mass is 9.67. The average Bonchev–Trinajstić information content (AvgIpc) is 3.38. The summed E-state index contributed by atoms with van der Waals surface area (Å²) in [7, 11) is 0. The van der Waals surface area contributed by atoms with Crippen molar-refractivity contribution in [2.45, 2.75) is 43.6 Å². The van der Waals surface area contributed by atoms with Gasteiger partial charge >= 0.3 is 6.18 Å². The Morgan fingerprint density at radius 3 is 2.57 bits per heavy atom. The van der Waals surface area contributed by atoms with Crippen molar-refractivity contribution >= 4 is 33.4 Å². The van der Waals surface area contributed by atoms with Gasteiger partial charge in [0.25, 0.3) is 0 Å². The summed E-state index contributed by atoms with van der Waals surface area (Å²) < 4.78 is 53.5. The van der Waals surface area contributed by atoms with Gasteiger partial charge in [0, 0.05) is 6.42 Å². The van der Waals surface area contributed by atoms with Crippen molar-refractivity contribution in [1.82, 2.24) is 0 Å². The van der Waals surface area contributed by atoms with Gasteiger partial charge in [-0.1, -0.05) is 12.1 Å². The van der Waals surface area contributed by atoms with Gasteiger partial charge in [-0.25, -0.2) is 4.90 Å². The molecule has 2 bridgehead atoms. The Morgan fingerprint density at radius 2 is 1.89 bits per heavy atom. The van der Waals surface area contributed by atoms with Crippen LogP contribution >= 0.6 is 15.9 Å². The number of nitriles is 1. The summed E-state index contributed by atoms with van der Waals surface area (Å²) in [5.41, 5.74) is -3.78. The van der Waals surface area contributed by atoms with Gasteiger partial charge in [-0.2, -0.15) is 18.4 Å². The lowest BCUT2D eigenvalue weighted by Gasteiger charge is -2.31. The molecule has 3 heterocycles. The zero-order valence-electron chi connectivity index (χ0n) is 18.6. The fourth-order valence-electron chi connectivity index (χ4n) is 5.76. The molecule has 3 aliphatic rings. The van der Waals surface area contributed by atoms with Crippen LogP contribution in [0, 0.1) is 23.2 Å². The smallest absolute Gasteiger partial charge is 0.417 e. The highest BCUT2D eigenvalue weighted by Crippen LogP contribution is 2.62. The Morgan fingerprint density at radius 1 is 1.17 bits per heavy atom. The fraction of sp³-hybridized carbons (Fsp3) is 0.400. The van der Waals surface area contributed by atoms with Crippen LogP contribution in [0.25, 0.3) is 0 Å². The first-order valence-electron chi connectivity index (χ1n) is 11.1. The monoisotopic (exact) mass is 548 g/mol. The maximum absolute atomic E-state index is 13.6. The molecule has 35 heavy (non-hydrogen) atoms. The molecule has 10 heteroatoms. The number of carbonyl (C=O) groups excluding carboxylic acids is 2. The van der Waals surface area contributed by atoms with Crippen LogP contribution < -0.4 is 9.64 Å². The number of amides is 2. The number of anilines is 1. The number of rotatable bonds is 5. The quantitative estimate of drug-likeness (QED) is 0.477. The van der Waals surface area contributed by atoms with E-state index in [2.05, 4.69) is 15.9 Å². The summed E-state index contributed by atoms with van der Waals surface area (Å²) in [4.78, 5) is 27.8. The molecule has 6 nitrogen and oxygen atoms in total. The number of ether oxygens (including phenoxy) is 2. The van der Waals surface area contributed by atoms with Gasteiger partial charge < -0.3 is 9.47 Å². The summed E-state index contributed by atoms with van der Waals surface area (Å²) in [6, 6.07) is 11.7. The summed E-state index contributed by atoms with van der Waals surface area (Å²) in [5.74, 6) is -2.14. The second-order valence-electron chi connectivity index (χ2n) is 9.32. The highest BCUT2D eigenvalue weighted by atomic mass is 79.9. The summed E-state index contributed by atoms with van der Waals surface area (Å²) in [6.07, 6.45) is -3.37. The molecule has 182 valence electrons. The van der Waals surface area contributed by atoms with Crippen LogP contribution in [-0.4, -0.2) is 29.6 Å². The molecule has 2 amide bonds. The second-order valence-corrected chi connectivity index (χ2v) is 10.2. The Hall–Kier alpha value is -2.90. The molecule has 0 aliphatic carbocycles. The van der Waals surface area contributed by atoms with Gasteiger partial charge in [0.1, 0.15) is 5.75 Å². The van der Waals surface area contributed by atoms with Crippen molar-refractivity contribution in [2.75, 3.05) is 11.5 Å². The largest absolute Gasteiger partial charge is 0.492 e. The average molecular weight is 549 g/mol. The molecule has 2 aromatic rings. The van der Waals surface area contributed by atoms with E-state index in [9.17, 15) is 22.8 Å². The molecular weight excluding hydrogens is 529 g/mol. The van der Waals surface area contributed by atoms with E-state index in [-0.39, 0.29) is 12.3 Å². The first-order valence-corrected chi connectivity index (χ1v) is 11.9. The lowest BCUT2D eigenvalue weighted by Crippen LogP contribution is -2.43. The van der Waals surface area contributed by atoms with Crippen LogP contribution in [0.15, 0.2) is 46.9 Å². The van der Waals surface area contributed by atoms with Crippen LogP contribution in [0.5, 0.6) is 5.75 Å².